The van der Waals surface area contributed by atoms with Gasteiger partial charge in [0.1, 0.15) is 17.5 Å². The maximum atomic E-state index is 8.72. The third kappa shape index (κ3) is 12.9. The molecular formula is C20H37BrN4. The van der Waals surface area contributed by atoms with Crippen molar-refractivity contribution in [1.29, 1.82) is 5.26 Å². The summed E-state index contributed by atoms with van der Waals surface area (Å²) in [5.41, 5.74) is 6.23. The van der Waals surface area contributed by atoms with E-state index in [4.69, 9.17) is 11.0 Å². The first-order chi connectivity index (χ1) is 12.2. The van der Waals surface area contributed by atoms with E-state index < -0.39 is 0 Å². The molecule has 25 heavy (non-hydrogen) atoms. The van der Waals surface area contributed by atoms with Crippen molar-refractivity contribution in [2.75, 3.05) is 11.1 Å². The Balaban J connectivity index is 0.000000547. The van der Waals surface area contributed by atoms with Gasteiger partial charge in [-0.2, -0.15) is 10.4 Å². The molecular weight excluding hydrogens is 376 g/mol. The van der Waals surface area contributed by atoms with Gasteiger partial charge >= 0.3 is 0 Å². The van der Waals surface area contributed by atoms with Gasteiger partial charge in [-0.15, -0.1) is 0 Å². The molecule has 0 atom stereocenters. The van der Waals surface area contributed by atoms with E-state index in [0.717, 1.165) is 13.0 Å². The lowest BCUT2D eigenvalue weighted by Crippen LogP contribution is -2.05. The highest BCUT2D eigenvalue weighted by molar-refractivity contribution is 9.09. The number of rotatable bonds is 13. The van der Waals surface area contributed by atoms with E-state index in [9.17, 15) is 0 Å². The van der Waals surface area contributed by atoms with Crippen LogP contribution in [0.25, 0.3) is 0 Å². The van der Waals surface area contributed by atoms with Crippen molar-refractivity contribution in [3.05, 3.63) is 11.8 Å². The van der Waals surface area contributed by atoms with Crippen molar-refractivity contribution in [3.8, 4) is 6.07 Å². The summed E-state index contributed by atoms with van der Waals surface area (Å²) in [5.74, 6) is 0.496. The zero-order valence-corrected chi connectivity index (χ0v) is 17.9. The van der Waals surface area contributed by atoms with Crippen LogP contribution in [0.1, 0.15) is 96.5 Å². The van der Waals surface area contributed by atoms with E-state index in [2.05, 4.69) is 34.9 Å². The average molecular weight is 413 g/mol. The number of hydrogen-bond acceptors (Lipinski definition) is 3. The van der Waals surface area contributed by atoms with Crippen LogP contribution in [-0.4, -0.2) is 15.1 Å². The van der Waals surface area contributed by atoms with Crippen LogP contribution in [0.3, 0.4) is 0 Å². The lowest BCUT2D eigenvalue weighted by atomic mass is 10.1. The minimum absolute atomic E-state index is 0.478. The molecule has 144 valence electrons. The third-order valence-corrected chi connectivity index (χ3v) is 4.77. The standard InChI is InChI=1S/C12H20N4.C8H17Br/c1-2-3-4-5-6-7-8-16-12(14)11(9-13)10-15-16;1-2-3-4-5-6-7-8-9/h10H,2-8,14H2,1H3;2-8H2,1H3. The number of aromatic nitrogens is 2. The summed E-state index contributed by atoms with van der Waals surface area (Å²) < 4.78 is 1.72. The Morgan fingerprint density at radius 1 is 0.960 bits per heavy atom. The normalized spacial score (nSPS) is 10.2. The molecule has 0 radical (unpaired) electrons. The highest BCUT2D eigenvalue weighted by atomic mass is 79.9. The van der Waals surface area contributed by atoms with Gasteiger partial charge in [-0.05, 0) is 12.8 Å². The van der Waals surface area contributed by atoms with Gasteiger partial charge in [-0.25, -0.2) is 4.68 Å². The second-order valence-corrected chi connectivity index (χ2v) is 7.30. The number of halogens is 1. The van der Waals surface area contributed by atoms with Crippen LogP contribution in [-0.2, 0) is 6.54 Å². The van der Waals surface area contributed by atoms with Gasteiger partial charge in [-0.1, -0.05) is 94.0 Å². The Labute approximate surface area is 163 Å². The zero-order valence-electron chi connectivity index (χ0n) is 16.3. The molecule has 0 aliphatic rings. The predicted octanol–water partition coefficient (Wildman–Crippen LogP) is 6.44. The second kappa shape index (κ2) is 17.8. The molecule has 1 rings (SSSR count). The fourth-order valence-corrected chi connectivity index (χ4v) is 2.97. The molecule has 1 aromatic heterocycles. The number of alkyl halides is 1. The summed E-state index contributed by atoms with van der Waals surface area (Å²) in [6.07, 6.45) is 17.4. The van der Waals surface area contributed by atoms with E-state index in [0.29, 0.717) is 11.4 Å². The number of nitrogens with zero attached hydrogens (tertiary/aromatic N) is 3. The lowest BCUT2D eigenvalue weighted by molar-refractivity contribution is 0.532. The minimum atomic E-state index is 0.478. The van der Waals surface area contributed by atoms with Crippen molar-refractivity contribution in [2.45, 2.75) is 97.4 Å². The minimum Gasteiger partial charge on any atom is -0.383 e. The molecule has 0 aliphatic heterocycles. The van der Waals surface area contributed by atoms with Crippen molar-refractivity contribution < 1.29 is 0 Å². The number of aryl methyl sites for hydroxylation is 1. The monoisotopic (exact) mass is 412 g/mol. The Morgan fingerprint density at radius 3 is 1.96 bits per heavy atom. The third-order valence-electron chi connectivity index (χ3n) is 4.21. The fourth-order valence-electron chi connectivity index (χ4n) is 2.58. The van der Waals surface area contributed by atoms with Crippen LogP contribution in [0.5, 0.6) is 0 Å². The number of hydrogen-bond donors (Lipinski definition) is 1. The molecule has 0 saturated heterocycles. The summed E-state index contributed by atoms with van der Waals surface area (Å²) >= 11 is 3.42. The lowest BCUT2D eigenvalue weighted by Gasteiger charge is -2.03. The maximum absolute atomic E-state index is 8.72. The Hall–Kier alpha value is -1.02. The second-order valence-electron chi connectivity index (χ2n) is 6.50. The molecule has 0 unspecified atom stereocenters. The van der Waals surface area contributed by atoms with Gasteiger partial charge in [0.05, 0.1) is 6.20 Å². The molecule has 0 spiro atoms. The average Bonchev–Trinajstić information content (AvgIpc) is 2.98. The van der Waals surface area contributed by atoms with Crippen LogP contribution < -0.4 is 5.73 Å². The van der Waals surface area contributed by atoms with E-state index in [1.54, 1.807) is 4.68 Å². The van der Waals surface area contributed by atoms with E-state index in [-0.39, 0.29) is 0 Å². The topological polar surface area (TPSA) is 67.6 Å². The van der Waals surface area contributed by atoms with Crippen molar-refractivity contribution in [1.82, 2.24) is 9.78 Å². The van der Waals surface area contributed by atoms with Crippen molar-refractivity contribution in [3.63, 3.8) is 0 Å². The smallest absolute Gasteiger partial charge is 0.139 e. The van der Waals surface area contributed by atoms with Gasteiger partial charge in [-0.3, -0.25) is 0 Å². The van der Waals surface area contributed by atoms with E-state index >= 15 is 0 Å². The Bertz CT molecular complexity index is 445. The highest BCUT2D eigenvalue weighted by Gasteiger charge is 2.05. The number of nitrogens with two attached hydrogens (primary N) is 1. The van der Waals surface area contributed by atoms with Gasteiger partial charge in [0.2, 0.25) is 0 Å². The molecule has 1 heterocycles. The molecule has 5 heteroatoms. The van der Waals surface area contributed by atoms with E-state index in [1.165, 1.54) is 82.2 Å². The summed E-state index contributed by atoms with van der Waals surface area (Å²) in [4.78, 5) is 0. The number of nitrogen functional groups attached to an aromatic ring is 1. The summed E-state index contributed by atoms with van der Waals surface area (Å²) in [5, 5.41) is 14.0. The fraction of sp³-hybridized carbons (Fsp3) is 0.800. The number of nitriles is 1. The van der Waals surface area contributed by atoms with Gasteiger partial charge in [0, 0.05) is 11.9 Å². The van der Waals surface area contributed by atoms with Crippen molar-refractivity contribution >= 4 is 21.7 Å². The van der Waals surface area contributed by atoms with Gasteiger partial charge in [0.25, 0.3) is 0 Å². The molecule has 0 amide bonds. The first-order valence-corrected chi connectivity index (χ1v) is 11.1. The molecule has 0 bridgehead atoms. The van der Waals surface area contributed by atoms with E-state index in [1.807, 2.05) is 6.07 Å². The highest BCUT2D eigenvalue weighted by Crippen LogP contribution is 2.11. The Morgan fingerprint density at radius 2 is 1.48 bits per heavy atom. The predicted molar refractivity (Wildman–Crippen MR) is 112 cm³/mol. The van der Waals surface area contributed by atoms with Crippen LogP contribution in [0, 0.1) is 11.3 Å². The van der Waals surface area contributed by atoms with Crippen LogP contribution in [0.4, 0.5) is 5.82 Å². The van der Waals surface area contributed by atoms with Crippen LogP contribution in [0.15, 0.2) is 6.20 Å². The molecule has 0 fully saturated rings. The summed E-state index contributed by atoms with van der Waals surface area (Å²) in [6, 6.07) is 2.03. The quantitative estimate of drug-likeness (QED) is 0.299. The molecule has 0 aromatic carbocycles. The zero-order chi connectivity index (χ0) is 18.8. The molecule has 1 aromatic rings. The summed E-state index contributed by atoms with van der Waals surface area (Å²) in [7, 11) is 0. The van der Waals surface area contributed by atoms with Gasteiger partial charge in [0.15, 0.2) is 0 Å². The van der Waals surface area contributed by atoms with Gasteiger partial charge < -0.3 is 5.73 Å². The SMILES string of the molecule is CCCCCCCCBr.CCCCCCCCn1ncc(C#N)c1N. The summed E-state index contributed by atoms with van der Waals surface area (Å²) in [6.45, 7) is 5.29. The molecule has 0 saturated carbocycles. The van der Waals surface area contributed by atoms with Crippen LogP contribution >= 0.6 is 15.9 Å². The number of unbranched alkanes of at least 4 members (excludes halogenated alkanes) is 10. The Kier molecular flexibility index (Phi) is 17.1. The number of anilines is 1. The molecule has 0 aliphatic carbocycles. The first-order valence-electron chi connectivity index (χ1n) is 9.98. The maximum Gasteiger partial charge on any atom is 0.139 e. The molecule has 2 N–H and O–H groups in total. The van der Waals surface area contributed by atoms with Crippen LogP contribution in [0.2, 0.25) is 0 Å². The molecule has 4 nitrogen and oxygen atoms in total. The first kappa shape index (κ1) is 24.0. The largest absolute Gasteiger partial charge is 0.383 e. The van der Waals surface area contributed by atoms with Crippen molar-refractivity contribution in [2.24, 2.45) is 0 Å².